The Kier molecular flexibility index (Phi) is 3.96. The van der Waals surface area contributed by atoms with Gasteiger partial charge in [0.1, 0.15) is 5.56 Å². The molecule has 0 radical (unpaired) electrons. The zero-order valence-corrected chi connectivity index (χ0v) is 14.6. The first-order chi connectivity index (χ1) is 12.5. The van der Waals surface area contributed by atoms with Gasteiger partial charge in [0.15, 0.2) is 16.9 Å². The van der Waals surface area contributed by atoms with E-state index in [9.17, 15) is 14.7 Å². The first kappa shape index (κ1) is 16.7. The molecule has 0 bridgehead atoms. The molecule has 2 aliphatic heterocycles. The second-order valence-electron chi connectivity index (χ2n) is 6.61. The summed E-state index contributed by atoms with van der Waals surface area (Å²) >= 11 is 0. The van der Waals surface area contributed by atoms with E-state index in [1.807, 2.05) is 16.7 Å². The third-order valence-corrected chi connectivity index (χ3v) is 5.35. The summed E-state index contributed by atoms with van der Waals surface area (Å²) in [7, 11) is 3.17. The number of hydrogen-bond donors (Lipinski definition) is 2. The maximum absolute atomic E-state index is 12.3. The predicted octanol–water partition coefficient (Wildman–Crippen LogP) is 1.86. The Morgan fingerprint density at radius 3 is 2.65 bits per heavy atom. The summed E-state index contributed by atoms with van der Waals surface area (Å²) in [4.78, 5) is 23.7. The molecule has 2 aliphatic rings. The van der Waals surface area contributed by atoms with Gasteiger partial charge in [-0.25, -0.2) is 4.79 Å². The van der Waals surface area contributed by atoms with Gasteiger partial charge in [0.05, 0.1) is 26.0 Å². The van der Waals surface area contributed by atoms with Crippen molar-refractivity contribution in [1.29, 1.82) is 0 Å². The number of hydrogen-bond acceptors (Lipinski definition) is 5. The van der Waals surface area contributed by atoms with Gasteiger partial charge in [-0.05, 0) is 30.7 Å². The predicted molar refractivity (Wildman–Crippen MR) is 95.5 cm³/mol. The van der Waals surface area contributed by atoms with Crippen molar-refractivity contribution in [1.82, 2.24) is 9.88 Å². The van der Waals surface area contributed by atoms with E-state index in [1.54, 1.807) is 14.2 Å². The summed E-state index contributed by atoms with van der Waals surface area (Å²) in [6.07, 6.45) is 2.39. The summed E-state index contributed by atoms with van der Waals surface area (Å²) in [5.74, 6) is 0.243. The molecular formula is C19H20N2O5. The lowest BCUT2D eigenvalue weighted by Gasteiger charge is -2.41. The van der Waals surface area contributed by atoms with Gasteiger partial charge in [-0.1, -0.05) is 0 Å². The van der Waals surface area contributed by atoms with Crippen LogP contribution in [0.2, 0.25) is 0 Å². The van der Waals surface area contributed by atoms with Crippen LogP contribution in [0.4, 0.5) is 0 Å². The average Bonchev–Trinajstić information content (AvgIpc) is 2.66. The molecule has 7 nitrogen and oxygen atoms in total. The Morgan fingerprint density at radius 1 is 1.23 bits per heavy atom. The van der Waals surface area contributed by atoms with E-state index in [2.05, 4.69) is 5.32 Å². The normalized spacial score (nSPS) is 20.5. The van der Waals surface area contributed by atoms with Crippen LogP contribution in [0.15, 0.2) is 29.2 Å². The minimum atomic E-state index is -1.20. The number of nitrogens with one attached hydrogen (secondary N) is 1. The van der Waals surface area contributed by atoms with Crippen LogP contribution >= 0.6 is 0 Å². The van der Waals surface area contributed by atoms with Gasteiger partial charge in [0.25, 0.3) is 0 Å². The highest BCUT2D eigenvalue weighted by atomic mass is 16.5. The van der Waals surface area contributed by atoms with E-state index < -0.39 is 11.4 Å². The van der Waals surface area contributed by atoms with Gasteiger partial charge >= 0.3 is 5.97 Å². The Hall–Kier alpha value is -2.80. The Labute approximate surface area is 150 Å². The largest absolute Gasteiger partial charge is 0.493 e. The van der Waals surface area contributed by atoms with E-state index in [1.165, 1.54) is 12.3 Å². The molecule has 136 valence electrons. The fourth-order valence-corrected chi connectivity index (χ4v) is 4.12. The van der Waals surface area contributed by atoms with E-state index >= 15 is 0 Å². The maximum atomic E-state index is 12.3. The van der Waals surface area contributed by atoms with Gasteiger partial charge in [-0.2, -0.15) is 0 Å². The standard InChI is InChI=1S/C19H20N2O5/c1-25-17-5-11-10-3-4-20-8-15(10)21-9-13(19(23)24)16(22)7-14(21)12(11)6-18(17)26-2/h5-7,9-10,15,20H,3-4,8H2,1-2H3,(H,23,24). The molecule has 0 saturated carbocycles. The quantitative estimate of drug-likeness (QED) is 0.873. The molecule has 2 atom stereocenters. The number of benzene rings is 1. The molecule has 1 fully saturated rings. The van der Waals surface area contributed by atoms with E-state index in [0.717, 1.165) is 24.1 Å². The van der Waals surface area contributed by atoms with Crippen molar-refractivity contribution >= 4 is 5.97 Å². The number of piperidine rings is 1. The number of methoxy groups -OCH3 is 2. The number of aromatic carboxylic acids is 1. The van der Waals surface area contributed by atoms with Crippen LogP contribution in [-0.4, -0.2) is 43.0 Å². The number of rotatable bonds is 3. The lowest BCUT2D eigenvalue weighted by Crippen LogP contribution is -2.40. The highest BCUT2D eigenvalue weighted by Gasteiger charge is 2.36. The number of aromatic nitrogens is 1. The monoisotopic (exact) mass is 356 g/mol. The van der Waals surface area contributed by atoms with Crippen LogP contribution in [0.25, 0.3) is 11.3 Å². The van der Waals surface area contributed by atoms with Crippen molar-refractivity contribution in [2.24, 2.45) is 0 Å². The van der Waals surface area contributed by atoms with Gasteiger partial charge in [0.2, 0.25) is 0 Å². The molecule has 7 heteroatoms. The SMILES string of the molecule is COc1cc2c(cc1OC)C1CCNCC1n1cc(C(=O)O)c(=O)cc1-2. The lowest BCUT2D eigenvalue weighted by atomic mass is 9.79. The molecule has 26 heavy (non-hydrogen) atoms. The second kappa shape index (κ2) is 6.17. The number of fused-ring (bicyclic) bond motifs is 6. The zero-order chi connectivity index (χ0) is 18.4. The number of carbonyl (C=O) groups is 1. The topological polar surface area (TPSA) is 89.8 Å². The van der Waals surface area contributed by atoms with E-state index in [0.29, 0.717) is 23.7 Å². The lowest BCUT2D eigenvalue weighted by molar-refractivity contribution is 0.0694. The molecule has 1 aromatic carbocycles. The van der Waals surface area contributed by atoms with Crippen LogP contribution in [-0.2, 0) is 0 Å². The fourth-order valence-electron chi connectivity index (χ4n) is 4.12. The minimum Gasteiger partial charge on any atom is -0.493 e. The van der Waals surface area contributed by atoms with Crippen molar-refractivity contribution in [2.45, 2.75) is 18.4 Å². The van der Waals surface area contributed by atoms with Crippen molar-refractivity contribution < 1.29 is 19.4 Å². The third-order valence-electron chi connectivity index (χ3n) is 5.35. The smallest absolute Gasteiger partial charge is 0.341 e. The van der Waals surface area contributed by atoms with Crippen LogP contribution in [0.5, 0.6) is 11.5 Å². The van der Waals surface area contributed by atoms with E-state index in [-0.39, 0.29) is 17.5 Å². The molecule has 1 aromatic heterocycles. The van der Waals surface area contributed by atoms with Crippen LogP contribution in [0.1, 0.15) is 34.3 Å². The molecule has 0 amide bonds. The van der Waals surface area contributed by atoms with Crippen molar-refractivity contribution in [3.63, 3.8) is 0 Å². The molecule has 0 spiro atoms. The van der Waals surface area contributed by atoms with Gasteiger partial charge in [-0.3, -0.25) is 4.79 Å². The Morgan fingerprint density at radius 2 is 1.96 bits per heavy atom. The fraction of sp³-hybridized carbons (Fsp3) is 0.368. The number of carboxylic acids is 1. The molecule has 2 unspecified atom stereocenters. The molecule has 4 rings (SSSR count). The van der Waals surface area contributed by atoms with Gasteiger partial charge in [-0.15, -0.1) is 0 Å². The van der Waals surface area contributed by atoms with Gasteiger partial charge in [0, 0.05) is 30.3 Å². The van der Waals surface area contributed by atoms with Crippen molar-refractivity contribution in [2.75, 3.05) is 27.3 Å². The van der Waals surface area contributed by atoms with Crippen molar-refractivity contribution in [3.05, 3.63) is 45.7 Å². The number of ether oxygens (including phenoxy) is 2. The van der Waals surface area contributed by atoms with Crippen molar-refractivity contribution in [3.8, 4) is 22.8 Å². The maximum Gasteiger partial charge on any atom is 0.341 e. The summed E-state index contributed by atoms with van der Waals surface area (Å²) in [6, 6.07) is 5.32. The first-order valence-electron chi connectivity index (χ1n) is 8.51. The molecule has 0 aliphatic carbocycles. The molecule has 3 heterocycles. The van der Waals surface area contributed by atoms with Crippen LogP contribution < -0.4 is 20.2 Å². The highest BCUT2D eigenvalue weighted by molar-refractivity contribution is 5.88. The first-order valence-corrected chi connectivity index (χ1v) is 8.51. The molecular weight excluding hydrogens is 336 g/mol. The summed E-state index contributed by atoms with van der Waals surface area (Å²) in [6.45, 7) is 1.60. The number of pyridine rings is 1. The number of nitrogens with zero attached hydrogens (tertiary/aromatic N) is 1. The summed E-state index contributed by atoms with van der Waals surface area (Å²) in [5.41, 5.74) is 2.01. The second-order valence-corrected chi connectivity index (χ2v) is 6.61. The Balaban J connectivity index is 2.02. The summed E-state index contributed by atoms with van der Waals surface area (Å²) in [5, 5.41) is 12.7. The Bertz CT molecular complexity index is 950. The van der Waals surface area contributed by atoms with Crippen LogP contribution in [0.3, 0.4) is 0 Å². The highest BCUT2D eigenvalue weighted by Crippen LogP contribution is 2.48. The average molecular weight is 356 g/mol. The van der Waals surface area contributed by atoms with E-state index in [4.69, 9.17) is 9.47 Å². The molecule has 1 saturated heterocycles. The van der Waals surface area contributed by atoms with Crippen LogP contribution in [0, 0.1) is 0 Å². The summed E-state index contributed by atoms with van der Waals surface area (Å²) < 4.78 is 12.8. The number of carboxylic acid groups (broad SMARTS) is 1. The molecule has 2 aromatic rings. The van der Waals surface area contributed by atoms with Gasteiger partial charge < -0.3 is 24.5 Å². The molecule has 2 N–H and O–H groups in total. The minimum absolute atomic E-state index is 0.0445. The third kappa shape index (κ3) is 2.39. The zero-order valence-electron chi connectivity index (χ0n) is 14.6.